The molecule has 1 aromatic rings. The molecule has 0 radical (unpaired) electrons. The van der Waals surface area contributed by atoms with Gasteiger partial charge in [0, 0.05) is 31.5 Å². The number of nitrogens with one attached hydrogen (secondary N) is 5. The molecule has 16 nitrogen and oxygen atoms in total. The van der Waals surface area contributed by atoms with Crippen LogP contribution in [0.1, 0.15) is 117 Å². The molecule has 1 aromatic heterocycles. The Kier molecular flexibility index (Phi) is 14.1. The Morgan fingerprint density at radius 1 is 0.852 bits per heavy atom. The third kappa shape index (κ3) is 11.9. The Balaban J connectivity index is 1.55. The number of nitrogens with zero attached hydrogens (tertiary/aromatic N) is 3. The van der Waals surface area contributed by atoms with Gasteiger partial charge < -0.3 is 36.2 Å². The summed E-state index contributed by atoms with van der Waals surface area (Å²) in [6.45, 7) is 12.1. The van der Waals surface area contributed by atoms with Crippen molar-refractivity contribution in [1.82, 2.24) is 41.5 Å². The number of rotatable bonds is 14. The van der Waals surface area contributed by atoms with Crippen molar-refractivity contribution < 1.29 is 38.3 Å². The normalized spacial score (nSPS) is 20.8. The molecular weight excluding hydrogens is 696 g/mol. The van der Waals surface area contributed by atoms with Crippen LogP contribution in [0.25, 0.3) is 0 Å². The lowest BCUT2D eigenvalue weighted by molar-refractivity contribution is -0.140. The van der Waals surface area contributed by atoms with E-state index in [4.69, 9.17) is 4.74 Å². The van der Waals surface area contributed by atoms with Crippen LogP contribution in [0.4, 0.5) is 4.79 Å². The van der Waals surface area contributed by atoms with Crippen LogP contribution in [0.15, 0.2) is 18.6 Å². The zero-order valence-corrected chi connectivity index (χ0v) is 32.7. The minimum absolute atomic E-state index is 0.0418. The standard InChI is InChI=1S/C38H58N8O8/c1-8-12-25(29(47)34(51)41-23-15-16-23)42-31(48)24-20-46(36(53)54-38(5,6)7)21-27(24)43-35(52)30(37(2,3)4)45-33(50)28(22-13-10-9-11-14-22)44-32(49)26-19-39-17-18-40-26/h17-19,22-25,27-28,30H,8-16,20-21H2,1-7H3,(H,41,51)(H,42,48)(H,43,52)(H,44,49)(H,45,50)/t24-,25?,27+,28+,30?/m1/s1. The van der Waals surface area contributed by atoms with E-state index < -0.39 is 82.5 Å². The molecular formula is C38H58N8O8. The Labute approximate surface area is 317 Å². The molecule has 2 unspecified atom stereocenters. The summed E-state index contributed by atoms with van der Waals surface area (Å²) in [7, 11) is 0. The van der Waals surface area contributed by atoms with Gasteiger partial charge >= 0.3 is 6.09 Å². The molecule has 298 valence electrons. The van der Waals surface area contributed by atoms with Crippen LogP contribution in [0.3, 0.4) is 0 Å². The monoisotopic (exact) mass is 754 g/mol. The molecule has 2 aliphatic carbocycles. The first-order valence-corrected chi connectivity index (χ1v) is 19.2. The second-order valence-corrected chi connectivity index (χ2v) is 16.8. The van der Waals surface area contributed by atoms with Crippen LogP contribution in [0, 0.1) is 17.3 Å². The van der Waals surface area contributed by atoms with E-state index >= 15 is 0 Å². The molecule has 5 N–H and O–H groups in total. The summed E-state index contributed by atoms with van der Waals surface area (Å²) >= 11 is 0. The lowest BCUT2D eigenvalue weighted by Crippen LogP contribution is -2.61. The third-order valence-electron chi connectivity index (χ3n) is 9.88. The maximum absolute atomic E-state index is 14.2. The largest absolute Gasteiger partial charge is 0.444 e. The van der Waals surface area contributed by atoms with Crippen LogP contribution >= 0.6 is 0 Å². The second-order valence-electron chi connectivity index (χ2n) is 16.8. The van der Waals surface area contributed by atoms with Crippen molar-refractivity contribution >= 4 is 41.4 Å². The lowest BCUT2D eigenvalue weighted by atomic mass is 9.82. The predicted molar refractivity (Wildman–Crippen MR) is 197 cm³/mol. The van der Waals surface area contributed by atoms with E-state index in [1.54, 1.807) is 41.5 Å². The van der Waals surface area contributed by atoms with Gasteiger partial charge in [-0.3, -0.25) is 33.8 Å². The molecule has 0 spiro atoms. The zero-order valence-electron chi connectivity index (χ0n) is 32.7. The van der Waals surface area contributed by atoms with Crippen molar-refractivity contribution in [3.8, 4) is 0 Å². The molecule has 2 saturated carbocycles. The molecule has 1 aliphatic heterocycles. The third-order valence-corrected chi connectivity index (χ3v) is 9.88. The molecule has 2 heterocycles. The average molecular weight is 755 g/mol. The van der Waals surface area contributed by atoms with Gasteiger partial charge in [0.25, 0.3) is 11.8 Å². The van der Waals surface area contributed by atoms with Crippen molar-refractivity contribution in [2.24, 2.45) is 17.3 Å². The van der Waals surface area contributed by atoms with Crippen LogP contribution in [-0.2, 0) is 28.7 Å². The number of hydrogen-bond donors (Lipinski definition) is 5. The Bertz CT molecular complexity index is 1530. The number of likely N-dealkylation sites (tertiary alicyclic amines) is 1. The first-order valence-electron chi connectivity index (χ1n) is 19.2. The molecule has 5 atom stereocenters. The number of aromatic nitrogens is 2. The van der Waals surface area contributed by atoms with Crippen molar-refractivity contribution in [1.29, 1.82) is 0 Å². The van der Waals surface area contributed by atoms with Gasteiger partial charge in [-0.1, -0.05) is 53.4 Å². The van der Waals surface area contributed by atoms with E-state index in [0.717, 1.165) is 32.1 Å². The SMILES string of the molecule is CCCC(NC(=O)[C@@H]1CN(C(=O)OC(C)(C)C)C[C@@H]1NC(=O)C(NC(=O)[C@@H](NC(=O)c1cnccn1)C1CCCCC1)C(C)(C)C)C(=O)C(=O)NC1CC1. The highest BCUT2D eigenvalue weighted by Crippen LogP contribution is 2.29. The number of hydrogen-bond acceptors (Lipinski definition) is 10. The van der Waals surface area contributed by atoms with Gasteiger partial charge in [-0.15, -0.1) is 0 Å². The highest BCUT2D eigenvalue weighted by atomic mass is 16.6. The highest BCUT2D eigenvalue weighted by Gasteiger charge is 2.45. The number of amides is 6. The Hall–Kier alpha value is -4.63. The minimum Gasteiger partial charge on any atom is -0.444 e. The van der Waals surface area contributed by atoms with E-state index in [1.807, 2.05) is 6.92 Å². The number of Topliss-reactive ketones (excluding diaryl/α,β-unsaturated/α-hetero) is 1. The number of carbonyl (C=O) groups excluding carboxylic acids is 7. The fraction of sp³-hybridized carbons (Fsp3) is 0.711. The van der Waals surface area contributed by atoms with Gasteiger partial charge in [0.05, 0.1) is 24.2 Å². The predicted octanol–water partition coefficient (Wildman–Crippen LogP) is 2.17. The molecule has 0 bridgehead atoms. The first-order chi connectivity index (χ1) is 25.4. The minimum atomic E-state index is -1.12. The Morgan fingerprint density at radius 2 is 1.54 bits per heavy atom. The van der Waals surface area contributed by atoms with E-state index in [-0.39, 0.29) is 37.2 Å². The molecule has 1 saturated heterocycles. The maximum atomic E-state index is 14.2. The Morgan fingerprint density at radius 3 is 2.11 bits per heavy atom. The van der Waals surface area contributed by atoms with Crippen molar-refractivity contribution in [2.75, 3.05) is 13.1 Å². The van der Waals surface area contributed by atoms with Gasteiger partial charge in [-0.05, 0) is 64.2 Å². The fourth-order valence-corrected chi connectivity index (χ4v) is 6.84. The molecule has 3 fully saturated rings. The average Bonchev–Trinajstić information content (AvgIpc) is 3.83. The summed E-state index contributed by atoms with van der Waals surface area (Å²) in [5.41, 5.74) is -1.61. The topological polar surface area (TPSA) is 218 Å². The van der Waals surface area contributed by atoms with E-state index in [1.165, 1.54) is 23.5 Å². The van der Waals surface area contributed by atoms with Crippen LogP contribution in [-0.4, -0.2) is 105 Å². The molecule has 3 aliphatic rings. The molecule has 6 amide bonds. The molecule has 54 heavy (non-hydrogen) atoms. The first kappa shape index (κ1) is 42.1. The maximum Gasteiger partial charge on any atom is 0.410 e. The number of ether oxygens (including phenoxy) is 1. The molecule has 16 heteroatoms. The summed E-state index contributed by atoms with van der Waals surface area (Å²) < 4.78 is 5.57. The fourth-order valence-electron chi connectivity index (χ4n) is 6.84. The molecule has 4 rings (SSSR count). The smallest absolute Gasteiger partial charge is 0.410 e. The van der Waals surface area contributed by atoms with Crippen molar-refractivity contribution in [3.05, 3.63) is 24.3 Å². The van der Waals surface area contributed by atoms with Crippen LogP contribution in [0.5, 0.6) is 0 Å². The van der Waals surface area contributed by atoms with E-state index in [2.05, 4.69) is 36.6 Å². The summed E-state index contributed by atoms with van der Waals surface area (Å²) in [6.07, 6.45) is 10.0. The van der Waals surface area contributed by atoms with Crippen LogP contribution in [0.2, 0.25) is 0 Å². The van der Waals surface area contributed by atoms with Gasteiger partial charge in [-0.25, -0.2) is 9.78 Å². The van der Waals surface area contributed by atoms with E-state index in [9.17, 15) is 33.6 Å². The zero-order chi connectivity index (χ0) is 39.8. The summed E-state index contributed by atoms with van der Waals surface area (Å²) in [6, 6.07) is -4.14. The number of carbonyl (C=O) groups is 7. The quantitative estimate of drug-likeness (QED) is 0.174. The summed E-state index contributed by atoms with van der Waals surface area (Å²) in [5.74, 6) is -5.00. The highest BCUT2D eigenvalue weighted by molar-refractivity contribution is 6.38. The van der Waals surface area contributed by atoms with Gasteiger partial charge in [-0.2, -0.15) is 0 Å². The van der Waals surface area contributed by atoms with E-state index in [0.29, 0.717) is 19.3 Å². The summed E-state index contributed by atoms with van der Waals surface area (Å²) in [5, 5.41) is 14.0. The lowest BCUT2D eigenvalue weighted by Gasteiger charge is -2.35. The van der Waals surface area contributed by atoms with Gasteiger partial charge in [0.15, 0.2) is 0 Å². The second kappa shape index (κ2) is 18.1. The van der Waals surface area contributed by atoms with Crippen molar-refractivity contribution in [3.63, 3.8) is 0 Å². The molecule has 0 aromatic carbocycles. The van der Waals surface area contributed by atoms with Gasteiger partial charge in [0.1, 0.15) is 23.4 Å². The summed E-state index contributed by atoms with van der Waals surface area (Å²) in [4.78, 5) is 104. The number of ketones is 1. The van der Waals surface area contributed by atoms with Gasteiger partial charge in [0.2, 0.25) is 23.5 Å². The van der Waals surface area contributed by atoms with Crippen LogP contribution < -0.4 is 26.6 Å². The van der Waals surface area contributed by atoms with Crippen molar-refractivity contribution in [2.45, 2.75) is 142 Å².